The van der Waals surface area contributed by atoms with Gasteiger partial charge in [-0.1, -0.05) is 121 Å². The fraction of sp³-hybridized carbons (Fsp3) is 0.0465. The van der Waals surface area contributed by atoms with Gasteiger partial charge in [0.1, 0.15) is 16.7 Å². The number of carbonyl (C=O) groups is 3. The van der Waals surface area contributed by atoms with E-state index in [0.717, 1.165) is 27.1 Å². The molecule has 3 amide bonds. The van der Waals surface area contributed by atoms with E-state index in [0.29, 0.717) is 27.7 Å². The lowest BCUT2D eigenvalue weighted by Crippen LogP contribution is -2.30. The number of rotatable bonds is 12. The summed E-state index contributed by atoms with van der Waals surface area (Å²) in [7, 11) is 1.53. The molecule has 0 spiro atoms. The van der Waals surface area contributed by atoms with Crippen molar-refractivity contribution >= 4 is 58.5 Å². The van der Waals surface area contributed by atoms with E-state index in [-0.39, 0.29) is 11.6 Å². The van der Waals surface area contributed by atoms with E-state index in [4.69, 9.17) is 16.3 Å². The smallest absolute Gasteiger partial charge is 0.272 e. The maximum absolute atomic E-state index is 13.8. The summed E-state index contributed by atoms with van der Waals surface area (Å²) in [5, 5.41) is 8.45. The largest absolute Gasteiger partial charge is 0.495 e. The minimum Gasteiger partial charge on any atom is -0.495 e. The topological polar surface area (TPSA) is 96.5 Å². The molecule has 0 heterocycles. The fourth-order valence-corrected chi connectivity index (χ4v) is 6.69. The molecule has 6 aromatic carbocycles. The van der Waals surface area contributed by atoms with Crippen molar-refractivity contribution in [2.75, 3.05) is 17.7 Å². The van der Waals surface area contributed by atoms with Gasteiger partial charge >= 0.3 is 0 Å². The predicted octanol–water partition coefficient (Wildman–Crippen LogP) is 9.90. The fourth-order valence-electron chi connectivity index (χ4n) is 5.35. The zero-order valence-electron chi connectivity index (χ0n) is 28.1. The molecule has 7 nitrogen and oxygen atoms in total. The van der Waals surface area contributed by atoms with Gasteiger partial charge in [0.05, 0.1) is 12.1 Å². The number of anilines is 2. The lowest BCUT2D eigenvalue weighted by atomic mass is 10.0. The monoisotopic (exact) mass is 723 g/mol. The average Bonchev–Trinajstić information content (AvgIpc) is 3.18. The molecule has 0 bridgehead atoms. The van der Waals surface area contributed by atoms with Crippen LogP contribution in [0, 0.1) is 0 Å². The normalized spacial score (nSPS) is 11.6. The minimum absolute atomic E-state index is 0.0686. The van der Waals surface area contributed by atoms with Gasteiger partial charge in [0.2, 0.25) is 5.91 Å². The van der Waals surface area contributed by atoms with Crippen LogP contribution in [-0.4, -0.2) is 24.8 Å². The zero-order valence-corrected chi connectivity index (χ0v) is 29.7. The van der Waals surface area contributed by atoms with Crippen molar-refractivity contribution < 1.29 is 19.1 Å². The van der Waals surface area contributed by atoms with Gasteiger partial charge in [-0.25, -0.2) is 0 Å². The highest BCUT2D eigenvalue weighted by Gasteiger charge is 2.23. The van der Waals surface area contributed by atoms with Crippen molar-refractivity contribution in [1.82, 2.24) is 5.32 Å². The molecule has 0 aromatic heterocycles. The van der Waals surface area contributed by atoms with E-state index >= 15 is 0 Å². The van der Waals surface area contributed by atoms with Crippen LogP contribution >= 0.6 is 23.4 Å². The molecule has 0 saturated heterocycles. The molecule has 3 N–H and O–H groups in total. The molecule has 258 valence electrons. The molecular weight excluding hydrogens is 690 g/mol. The Bertz CT molecular complexity index is 2200. The number of nitrogens with one attached hydrogen (secondary N) is 3. The Morgan fingerprint density at radius 1 is 0.673 bits per heavy atom. The third-order valence-electron chi connectivity index (χ3n) is 7.96. The molecule has 0 aliphatic heterocycles. The molecule has 1 unspecified atom stereocenters. The van der Waals surface area contributed by atoms with Crippen molar-refractivity contribution in [2.45, 2.75) is 10.1 Å². The number of amides is 3. The summed E-state index contributed by atoms with van der Waals surface area (Å²) >= 11 is 7.65. The number of carbonyl (C=O) groups excluding carboxylic acids is 3. The highest BCUT2D eigenvalue weighted by Crippen LogP contribution is 2.38. The average molecular weight is 724 g/mol. The molecular formula is C43H34ClN3O4S. The van der Waals surface area contributed by atoms with Gasteiger partial charge in [0.15, 0.2) is 0 Å². The summed E-state index contributed by atoms with van der Waals surface area (Å²) in [6.07, 6.45) is 1.64. The highest BCUT2D eigenvalue weighted by molar-refractivity contribution is 8.00. The van der Waals surface area contributed by atoms with Gasteiger partial charge in [-0.3, -0.25) is 14.4 Å². The van der Waals surface area contributed by atoms with Crippen LogP contribution in [0.15, 0.2) is 168 Å². The predicted molar refractivity (Wildman–Crippen MR) is 211 cm³/mol. The Hall–Kier alpha value is -6.09. The van der Waals surface area contributed by atoms with E-state index < -0.39 is 17.1 Å². The summed E-state index contributed by atoms with van der Waals surface area (Å²) < 4.78 is 5.24. The van der Waals surface area contributed by atoms with E-state index in [9.17, 15) is 14.4 Å². The second kappa shape index (κ2) is 17.2. The molecule has 6 aromatic rings. The van der Waals surface area contributed by atoms with Crippen LogP contribution in [0.2, 0.25) is 5.02 Å². The molecule has 0 saturated carbocycles. The van der Waals surface area contributed by atoms with Crippen LogP contribution in [0.25, 0.3) is 17.2 Å². The highest BCUT2D eigenvalue weighted by atomic mass is 35.5. The summed E-state index contributed by atoms with van der Waals surface area (Å²) in [6, 6.07) is 48.1. The Labute approximate surface area is 311 Å². The number of hydrogen-bond donors (Lipinski definition) is 3. The molecule has 1 atom stereocenters. The summed E-state index contributed by atoms with van der Waals surface area (Å²) in [5.41, 5.74) is 5.14. The van der Waals surface area contributed by atoms with Crippen molar-refractivity contribution in [3.05, 3.63) is 185 Å². The van der Waals surface area contributed by atoms with Crippen LogP contribution < -0.4 is 20.7 Å². The third kappa shape index (κ3) is 9.37. The van der Waals surface area contributed by atoms with Gasteiger partial charge in [-0.05, 0) is 76.9 Å². The molecule has 6 rings (SSSR count). The van der Waals surface area contributed by atoms with Crippen LogP contribution in [-0.2, 0) is 9.59 Å². The Morgan fingerprint density at radius 3 is 1.98 bits per heavy atom. The first kappa shape index (κ1) is 35.7. The number of hydrogen-bond acceptors (Lipinski definition) is 5. The zero-order chi connectivity index (χ0) is 36.3. The number of benzene rings is 6. The van der Waals surface area contributed by atoms with E-state index in [2.05, 4.69) is 16.0 Å². The first-order chi connectivity index (χ1) is 25.4. The Morgan fingerprint density at radius 2 is 1.31 bits per heavy atom. The van der Waals surface area contributed by atoms with Crippen LogP contribution in [0.4, 0.5) is 11.4 Å². The van der Waals surface area contributed by atoms with Crippen LogP contribution in [0.3, 0.4) is 0 Å². The summed E-state index contributed by atoms with van der Waals surface area (Å²) in [4.78, 5) is 41.5. The quantitative estimate of drug-likeness (QED) is 0.0863. The molecule has 0 aliphatic carbocycles. The molecule has 0 aliphatic rings. The molecule has 0 radical (unpaired) electrons. The lowest BCUT2D eigenvalue weighted by Gasteiger charge is -2.18. The van der Waals surface area contributed by atoms with Gasteiger partial charge in [-0.15, -0.1) is 11.8 Å². The first-order valence-corrected chi connectivity index (χ1v) is 17.6. The van der Waals surface area contributed by atoms with Crippen molar-refractivity contribution in [3.8, 4) is 16.9 Å². The number of methoxy groups -OCH3 is 1. The maximum Gasteiger partial charge on any atom is 0.272 e. The second-order valence-electron chi connectivity index (χ2n) is 11.6. The van der Waals surface area contributed by atoms with E-state index in [1.807, 2.05) is 97.1 Å². The third-order valence-corrected chi connectivity index (χ3v) is 9.51. The molecule has 0 fully saturated rings. The standard InChI is InChI=1S/C43H34ClN3O4S/c1-51-39-25-24-35(28-37(39)44)46-43(50)40(32-14-7-3-8-15-32)52-36-19-11-18-34(27-36)45-42(49)38(47-41(48)33-16-9-4-10-17-33)26-29-20-22-31(23-21-29)30-12-5-2-6-13-30/h2-28,40H,1H3,(H,45,49)(H,46,50)(H,47,48)/b38-26+. The van der Waals surface area contributed by atoms with Gasteiger partial charge in [0, 0.05) is 21.8 Å². The maximum atomic E-state index is 13.8. The Kier molecular flexibility index (Phi) is 11.8. The van der Waals surface area contributed by atoms with Crippen molar-refractivity contribution in [3.63, 3.8) is 0 Å². The van der Waals surface area contributed by atoms with Crippen LogP contribution in [0.1, 0.15) is 26.7 Å². The summed E-state index contributed by atoms with van der Waals surface area (Å²) in [5.74, 6) is -0.667. The number of thioether (sulfide) groups is 1. The first-order valence-electron chi connectivity index (χ1n) is 16.4. The van der Waals surface area contributed by atoms with Crippen LogP contribution in [0.5, 0.6) is 5.75 Å². The van der Waals surface area contributed by atoms with Gasteiger partial charge < -0.3 is 20.7 Å². The number of ether oxygens (including phenoxy) is 1. The van der Waals surface area contributed by atoms with E-state index in [1.165, 1.54) is 18.9 Å². The minimum atomic E-state index is -0.632. The lowest BCUT2D eigenvalue weighted by molar-refractivity contribution is -0.116. The van der Waals surface area contributed by atoms with Gasteiger partial charge in [0.25, 0.3) is 11.8 Å². The SMILES string of the molecule is COc1ccc(NC(=O)C(Sc2cccc(NC(=O)/C(=C\c3ccc(-c4ccccc4)cc3)NC(=O)c3ccccc3)c2)c2ccccc2)cc1Cl. The van der Waals surface area contributed by atoms with E-state index in [1.54, 1.807) is 66.7 Å². The van der Waals surface area contributed by atoms with Crippen molar-refractivity contribution in [2.24, 2.45) is 0 Å². The van der Waals surface area contributed by atoms with Crippen molar-refractivity contribution in [1.29, 1.82) is 0 Å². The summed E-state index contributed by atoms with van der Waals surface area (Å²) in [6.45, 7) is 0. The molecule has 52 heavy (non-hydrogen) atoms. The Balaban J connectivity index is 1.23. The number of halogens is 1. The second-order valence-corrected chi connectivity index (χ2v) is 13.2. The van der Waals surface area contributed by atoms with Gasteiger partial charge in [-0.2, -0.15) is 0 Å². The molecule has 9 heteroatoms.